The lowest BCUT2D eigenvalue weighted by atomic mass is 10.0. The number of halogens is 1. The fourth-order valence-electron chi connectivity index (χ4n) is 4.58. The molecule has 1 fully saturated rings. The number of anilines is 1. The van der Waals surface area contributed by atoms with Crippen LogP contribution in [0.4, 0.5) is 10.1 Å². The van der Waals surface area contributed by atoms with E-state index in [9.17, 15) is 9.18 Å². The minimum atomic E-state index is -0.406. The Balaban J connectivity index is 1.40. The second-order valence-electron chi connectivity index (χ2n) is 8.36. The molecule has 5 aromatic rings. The van der Waals surface area contributed by atoms with E-state index in [1.807, 2.05) is 18.2 Å². The van der Waals surface area contributed by atoms with Gasteiger partial charge in [-0.15, -0.1) is 0 Å². The quantitative estimate of drug-likeness (QED) is 0.192. The van der Waals surface area contributed by atoms with Crippen LogP contribution in [-0.4, -0.2) is 14.8 Å². The fraction of sp³-hybridized carbons (Fsp3) is 0.0345. The first-order valence-corrected chi connectivity index (χ1v) is 12.4. The molecule has 170 valence electrons. The Morgan fingerprint density at radius 2 is 1.63 bits per heavy atom. The lowest BCUT2D eigenvalue weighted by Crippen LogP contribution is -2.27. The fourth-order valence-corrected chi connectivity index (χ4v) is 5.87. The molecule has 3 nitrogen and oxygen atoms in total. The first-order valence-electron chi connectivity index (χ1n) is 11.2. The molecule has 1 aliphatic rings. The third-order valence-electron chi connectivity index (χ3n) is 6.19. The molecule has 1 saturated heterocycles. The van der Waals surface area contributed by atoms with Crippen LogP contribution < -0.4 is 4.90 Å². The zero-order valence-electron chi connectivity index (χ0n) is 18.5. The molecule has 0 atom stereocenters. The van der Waals surface area contributed by atoms with E-state index in [2.05, 4.69) is 65.4 Å². The topological polar surface area (TPSA) is 25.2 Å². The van der Waals surface area contributed by atoms with Gasteiger partial charge in [0, 0.05) is 29.2 Å². The Morgan fingerprint density at radius 1 is 0.886 bits per heavy atom. The molecule has 0 saturated carbocycles. The molecule has 2 heterocycles. The zero-order chi connectivity index (χ0) is 23.9. The summed E-state index contributed by atoms with van der Waals surface area (Å²) >= 11 is 6.71. The van der Waals surface area contributed by atoms with E-state index in [4.69, 9.17) is 12.2 Å². The Labute approximate surface area is 211 Å². The van der Waals surface area contributed by atoms with E-state index in [1.54, 1.807) is 12.1 Å². The number of carbonyl (C=O) groups excluding carboxylic acids is 1. The molecule has 6 rings (SSSR count). The molecule has 0 aliphatic carbocycles. The number of thiocarbonyl (C=S) groups is 1. The van der Waals surface area contributed by atoms with Crippen LogP contribution in [-0.2, 0) is 11.3 Å². The lowest BCUT2D eigenvalue weighted by molar-refractivity contribution is -0.113. The highest BCUT2D eigenvalue weighted by atomic mass is 32.2. The summed E-state index contributed by atoms with van der Waals surface area (Å²) in [5.74, 6) is -0.645. The van der Waals surface area contributed by atoms with Crippen molar-refractivity contribution in [3.05, 3.63) is 119 Å². The van der Waals surface area contributed by atoms with E-state index in [0.29, 0.717) is 21.5 Å². The highest BCUT2D eigenvalue weighted by Gasteiger charge is 2.33. The minimum Gasteiger partial charge on any atom is -0.342 e. The van der Waals surface area contributed by atoms with Crippen LogP contribution in [0.3, 0.4) is 0 Å². The van der Waals surface area contributed by atoms with Crippen LogP contribution in [0.1, 0.15) is 11.1 Å². The molecular weight excluding hydrogens is 475 g/mol. The van der Waals surface area contributed by atoms with Gasteiger partial charge in [0.25, 0.3) is 5.91 Å². The van der Waals surface area contributed by atoms with Crippen molar-refractivity contribution in [1.29, 1.82) is 0 Å². The van der Waals surface area contributed by atoms with Crippen LogP contribution in [0.2, 0.25) is 0 Å². The lowest BCUT2D eigenvalue weighted by Gasteiger charge is -2.14. The maximum Gasteiger partial charge on any atom is 0.270 e. The van der Waals surface area contributed by atoms with E-state index in [1.165, 1.54) is 45.1 Å². The maximum absolute atomic E-state index is 13.8. The number of nitrogens with zero attached hydrogens (tertiary/aromatic N) is 2. The summed E-state index contributed by atoms with van der Waals surface area (Å²) in [6.07, 6.45) is 3.97. The summed E-state index contributed by atoms with van der Waals surface area (Å²) in [6, 6.07) is 28.9. The minimum absolute atomic E-state index is 0.239. The van der Waals surface area contributed by atoms with Gasteiger partial charge in [-0.3, -0.25) is 9.69 Å². The Hall–Kier alpha value is -3.74. The van der Waals surface area contributed by atoms with Crippen molar-refractivity contribution in [2.75, 3.05) is 4.90 Å². The van der Waals surface area contributed by atoms with Crippen LogP contribution >= 0.6 is 24.0 Å². The second kappa shape index (κ2) is 8.80. The Kier molecular flexibility index (Phi) is 5.47. The van der Waals surface area contributed by atoms with E-state index < -0.39 is 5.82 Å². The Bertz CT molecular complexity index is 1670. The van der Waals surface area contributed by atoms with Crippen LogP contribution in [0.15, 0.2) is 102 Å². The molecule has 0 spiro atoms. The van der Waals surface area contributed by atoms with Gasteiger partial charge in [-0.05, 0) is 46.7 Å². The number of hydrogen-bond acceptors (Lipinski definition) is 3. The van der Waals surface area contributed by atoms with Gasteiger partial charge in [0.1, 0.15) is 5.82 Å². The van der Waals surface area contributed by atoms with Gasteiger partial charge in [0.2, 0.25) is 0 Å². The molecule has 0 unspecified atom stereocenters. The van der Waals surface area contributed by atoms with Crippen LogP contribution in [0.25, 0.3) is 27.8 Å². The number of para-hydroxylation sites is 1. The predicted molar refractivity (Wildman–Crippen MR) is 147 cm³/mol. The van der Waals surface area contributed by atoms with Crippen molar-refractivity contribution in [1.82, 2.24) is 4.57 Å². The van der Waals surface area contributed by atoms with Gasteiger partial charge in [-0.25, -0.2) is 4.39 Å². The number of aromatic nitrogens is 1. The van der Waals surface area contributed by atoms with Crippen molar-refractivity contribution in [3.63, 3.8) is 0 Å². The highest BCUT2D eigenvalue weighted by Crippen LogP contribution is 2.37. The standard InChI is InChI=1S/C29H19FN2OS2/c30-22-10-6-11-23(16-22)32-28(33)27(35-29(32)34)15-21-18-31(26-14-4-3-13-25(21)26)17-20-9-5-8-19-7-1-2-12-24(19)20/h1-16,18H,17H2/b27-15+. The van der Waals surface area contributed by atoms with Crippen molar-refractivity contribution in [3.8, 4) is 0 Å². The summed E-state index contributed by atoms with van der Waals surface area (Å²) in [6.45, 7) is 0.708. The number of amides is 1. The molecule has 6 heteroatoms. The van der Waals surface area contributed by atoms with Gasteiger partial charge in [-0.2, -0.15) is 0 Å². The van der Waals surface area contributed by atoms with Gasteiger partial charge >= 0.3 is 0 Å². The van der Waals surface area contributed by atoms with Gasteiger partial charge in [0.05, 0.1) is 10.6 Å². The summed E-state index contributed by atoms with van der Waals surface area (Å²) in [4.78, 5) is 15.1. The average Bonchev–Trinajstić information content (AvgIpc) is 3.35. The summed E-state index contributed by atoms with van der Waals surface area (Å²) < 4.78 is 16.4. The summed E-state index contributed by atoms with van der Waals surface area (Å²) in [5, 5.41) is 3.50. The van der Waals surface area contributed by atoms with Crippen LogP contribution in [0, 0.1) is 5.82 Å². The van der Waals surface area contributed by atoms with Crippen molar-refractivity contribution >= 4 is 67.6 Å². The largest absolute Gasteiger partial charge is 0.342 e. The van der Waals surface area contributed by atoms with Crippen molar-refractivity contribution in [2.45, 2.75) is 6.54 Å². The molecule has 4 aromatic carbocycles. The average molecular weight is 495 g/mol. The maximum atomic E-state index is 13.8. The van der Waals surface area contributed by atoms with E-state index in [0.717, 1.165) is 16.5 Å². The number of rotatable bonds is 4. The number of hydrogen-bond donors (Lipinski definition) is 0. The molecular formula is C29H19FN2OS2. The molecule has 0 bridgehead atoms. The van der Waals surface area contributed by atoms with Gasteiger partial charge in [0.15, 0.2) is 4.32 Å². The zero-order valence-corrected chi connectivity index (χ0v) is 20.2. The number of benzene rings is 4. The first-order chi connectivity index (χ1) is 17.1. The number of thioether (sulfide) groups is 1. The smallest absolute Gasteiger partial charge is 0.270 e. The monoisotopic (exact) mass is 494 g/mol. The number of carbonyl (C=O) groups is 1. The van der Waals surface area contributed by atoms with E-state index >= 15 is 0 Å². The highest BCUT2D eigenvalue weighted by molar-refractivity contribution is 8.27. The summed E-state index contributed by atoms with van der Waals surface area (Å²) in [5.41, 5.74) is 3.70. The third-order valence-corrected chi connectivity index (χ3v) is 7.49. The normalized spacial score (nSPS) is 15.1. The molecule has 0 radical (unpaired) electrons. The van der Waals surface area contributed by atoms with Crippen LogP contribution in [0.5, 0.6) is 0 Å². The van der Waals surface area contributed by atoms with Gasteiger partial charge < -0.3 is 4.57 Å². The molecule has 0 N–H and O–H groups in total. The Morgan fingerprint density at radius 3 is 2.49 bits per heavy atom. The molecule has 35 heavy (non-hydrogen) atoms. The number of fused-ring (bicyclic) bond motifs is 2. The first kappa shape index (κ1) is 21.8. The molecule has 1 aliphatic heterocycles. The summed E-state index contributed by atoms with van der Waals surface area (Å²) in [7, 11) is 0. The molecule has 1 amide bonds. The predicted octanol–water partition coefficient (Wildman–Crippen LogP) is 7.39. The van der Waals surface area contributed by atoms with Gasteiger partial charge in [-0.1, -0.05) is 90.7 Å². The third kappa shape index (κ3) is 3.95. The molecule has 1 aromatic heterocycles. The SMILES string of the molecule is O=C1/C(=C\c2cn(Cc3cccc4ccccc34)c3ccccc23)SC(=S)N1c1cccc(F)c1. The van der Waals surface area contributed by atoms with Crippen molar-refractivity contribution in [2.24, 2.45) is 0 Å². The van der Waals surface area contributed by atoms with Crippen molar-refractivity contribution < 1.29 is 9.18 Å². The second-order valence-corrected chi connectivity index (χ2v) is 10.0. The van der Waals surface area contributed by atoms with E-state index in [-0.39, 0.29) is 5.91 Å².